The zero-order valence-electron chi connectivity index (χ0n) is 17.1. The van der Waals surface area contributed by atoms with Crippen LogP contribution < -0.4 is 0 Å². The van der Waals surface area contributed by atoms with Gasteiger partial charge in [0.2, 0.25) is 17.7 Å². The first-order valence-electron chi connectivity index (χ1n) is 10.6. The molecule has 0 unspecified atom stereocenters. The quantitative estimate of drug-likeness (QED) is 0.676. The van der Waals surface area contributed by atoms with E-state index in [4.69, 9.17) is 4.74 Å². The minimum Gasteiger partial charge on any atom is -0.360 e. The van der Waals surface area contributed by atoms with Gasteiger partial charge in [-0.15, -0.1) is 0 Å². The van der Waals surface area contributed by atoms with E-state index in [2.05, 4.69) is 4.98 Å². The fraction of sp³-hybridized carbons (Fsp3) is 0.545. The van der Waals surface area contributed by atoms with Crippen LogP contribution in [0.4, 0.5) is 0 Å². The molecular formula is C22H26N4O4. The Hall–Kier alpha value is -2.74. The number of amides is 3. The number of aromatic nitrogens is 1. The minimum atomic E-state index is -0.707. The van der Waals surface area contributed by atoms with Crippen LogP contribution in [-0.4, -0.2) is 81.8 Å². The van der Waals surface area contributed by atoms with Crippen LogP contribution >= 0.6 is 0 Å². The number of hydrogen-bond acceptors (Lipinski definition) is 5. The summed E-state index contributed by atoms with van der Waals surface area (Å²) in [6.07, 6.45) is 7.79. The van der Waals surface area contributed by atoms with Crippen LogP contribution in [0.2, 0.25) is 0 Å². The van der Waals surface area contributed by atoms with E-state index >= 15 is 0 Å². The van der Waals surface area contributed by atoms with Crippen LogP contribution in [0.1, 0.15) is 18.9 Å². The Morgan fingerprint density at radius 1 is 1.23 bits per heavy atom. The molecule has 0 aromatic carbocycles. The number of carbonyl (C=O) groups excluding carboxylic acids is 3. The summed E-state index contributed by atoms with van der Waals surface area (Å²) in [5, 5.41) is 0. The number of pyridine rings is 1. The van der Waals surface area contributed by atoms with E-state index in [0.717, 1.165) is 12.0 Å². The van der Waals surface area contributed by atoms with Gasteiger partial charge in [0.15, 0.2) is 0 Å². The van der Waals surface area contributed by atoms with E-state index < -0.39 is 17.4 Å². The maximum atomic E-state index is 13.5. The van der Waals surface area contributed by atoms with E-state index in [1.165, 1.54) is 0 Å². The first kappa shape index (κ1) is 19.2. The molecule has 4 aliphatic rings. The highest BCUT2D eigenvalue weighted by atomic mass is 16.5. The Labute approximate surface area is 175 Å². The van der Waals surface area contributed by atoms with Gasteiger partial charge in [-0.3, -0.25) is 19.4 Å². The van der Waals surface area contributed by atoms with Gasteiger partial charge in [-0.25, -0.2) is 0 Å². The Morgan fingerprint density at radius 2 is 2.03 bits per heavy atom. The number of fused-ring (bicyclic) bond motifs is 1. The van der Waals surface area contributed by atoms with Gasteiger partial charge in [0.25, 0.3) is 0 Å². The molecular weight excluding hydrogens is 384 g/mol. The zero-order valence-corrected chi connectivity index (χ0v) is 17.1. The molecule has 4 aliphatic heterocycles. The molecule has 0 aliphatic carbocycles. The number of ether oxygens (including phenoxy) is 1. The summed E-state index contributed by atoms with van der Waals surface area (Å²) in [4.78, 5) is 48.1. The van der Waals surface area contributed by atoms with Gasteiger partial charge in [0.1, 0.15) is 5.60 Å². The van der Waals surface area contributed by atoms with Gasteiger partial charge < -0.3 is 19.4 Å². The summed E-state index contributed by atoms with van der Waals surface area (Å²) in [7, 11) is 0. The Bertz CT molecular complexity index is 904. The normalized spacial score (nSPS) is 32.5. The molecule has 30 heavy (non-hydrogen) atoms. The number of likely N-dealkylation sites (tertiary alicyclic amines) is 1. The molecule has 0 radical (unpaired) electrons. The minimum absolute atomic E-state index is 0.0239. The molecule has 8 heteroatoms. The predicted molar refractivity (Wildman–Crippen MR) is 107 cm³/mol. The van der Waals surface area contributed by atoms with E-state index in [-0.39, 0.29) is 23.8 Å². The molecule has 1 aromatic rings. The summed E-state index contributed by atoms with van der Waals surface area (Å²) < 4.78 is 6.24. The maximum absolute atomic E-state index is 13.5. The molecule has 0 N–H and O–H groups in total. The van der Waals surface area contributed by atoms with Crippen LogP contribution in [0.5, 0.6) is 0 Å². The van der Waals surface area contributed by atoms with Crippen molar-refractivity contribution in [1.29, 1.82) is 0 Å². The lowest BCUT2D eigenvalue weighted by Gasteiger charge is -2.29. The van der Waals surface area contributed by atoms with Gasteiger partial charge in [-0.2, -0.15) is 0 Å². The average molecular weight is 410 g/mol. The summed E-state index contributed by atoms with van der Waals surface area (Å²) in [5.74, 6) is -0.997. The second kappa shape index (κ2) is 7.19. The molecule has 3 amide bonds. The SMILES string of the molecule is CC(=O)N1CCCN(C(=O)[C@@H]2[C@@H]3C=C[C@@]4(CN(Cc5cccnc5)C(=O)[C@H]24)O3)CC1. The van der Waals surface area contributed by atoms with Crippen molar-refractivity contribution in [2.45, 2.75) is 31.6 Å². The van der Waals surface area contributed by atoms with Gasteiger partial charge in [0.05, 0.1) is 24.5 Å². The second-order valence-electron chi connectivity index (χ2n) is 8.64. The third kappa shape index (κ3) is 3.01. The van der Waals surface area contributed by atoms with E-state index in [1.807, 2.05) is 29.2 Å². The standard InChI is InChI=1S/C22H26N4O4/c1-15(27)24-8-3-9-25(11-10-24)20(28)18-17-5-6-22(30-17)14-26(21(29)19(18)22)13-16-4-2-7-23-12-16/h2,4-7,12,17-19H,3,8-11,13-14H2,1H3/t17-,18+,19-,22-/m0/s1. The third-order valence-electron chi connectivity index (χ3n) is 6.81. The van der Waals surface area contributed by atoms with Crippen molar-refractivity contribution in [2.24, 2.45) is 11.8 Å². The molecule has 2 bridgehead atoms. The Morgan fingerprint density at radius 3 is 2.80 bits per heavy atom. The largest absolute Gasteiger partial charge is 0.360 e. The highest BCUT2D eigenvalue weighted by molar-refractivity contribution is 5.93. The van der Waals surface area contributed by atoms with Gasteiger partial charge in [0, 0.05) is 52.0 Å². The molecule has 3 saturated heterocycles. The van der Waals surface area contributed by atoms with Crippen molar-refractivity contribution in [3.05, 3.63) is 42.2 Å². The van der Waals surface area contributed by atoms with Crippen LogP contribution in [0.3, 0.4) is 0 Å². The summed E-state index contributed by atoms with van der Waals surface area (Å²) in [6.45, 7) is 4.78. The van der Waals surface area contributed by atoms with Gasteiger partial charge >= 0.3 is 0 Å². The molecule has 0 saturated carbocycles. The summed E-state index contributed by atoms with van der Waals surface area (Å²) in [6, 6.07) is 3.80. The van der Waals surface area contributed by atoms with Crippen molar-refractivity contribution in [1.82, 2.24) is 19.7 Å². The highest BCUT2D eigenvalue weighted by Crippen LogP contribution is 2.52. The number of hydrogen-bond donors (Lipinski definition) is 0. The number of nitrogens with zero attached hydrogens (tertiary/aromatic N) is 4. The lowest BCUT2D eigenvalue weighted by Crippen LogP contribution is -2.47. The Balaban J connectivity index is 1.34. The lowest BCUT2D eigenvalue weighted by molar-refractivity contribution is -0.143. The van der Waals surface area contributed by atoms with Gasteiger partial charge in [-0.1, -0.05) is 18.2 Å². The number of rotatable bonds is 3. The lowest BCUT2D eigenvalue weighted by atomic mass is 9.76. The van der Waals surface area contributed by atoms with Crippen LogP contribution in [0.25, 0.3) is 0 Å². The fourth-order valence-corrected chi connectivity index (χ4v) is 5.37. The molecule has 1 spiro atoms. The molecule has 5 heterocycles. The molecule has 158 valence electrons. The average Bonchev–Trinajstić information content (AvgIpc) is 3.28. The van der Waals surface area contributed by atoms with Gasteiger partial charge in [-0.05, 0) is 18.1 Å². The topological polar surface area (TPSA) is 83.1 Å². The molecule has 8 nitrogen and oxygen atoms in total. The predicted octanol–water partition coefficient (Wildman–Crippen LogP) is 0.444. The molecule has 4 atom stereocenters. The van der Waals surface area contributed by atoms with Crippen molar-refractivity contribution >= 4 is 17.7 Å². The van der Waals surface area contributed by atoms with Crippen LogP contribution in [0, 0.1) is 11.8 Å². The van der Waals surface area contributed by atoms with Crippen molar-refractivity contribution < 1.29 is 19.1 Å². The first-order valence-corrected chi connectivity index (χ1v) is 10.6. The van der Waals surface area contributed by atoms with Crippen LogP contribution in [-0.2, 0) is 25.7 Å². The summed E-state index contributed by atoms with van der Waals surface area (Å²) in [5.41, 5.74) is 0.252. The zero-order chi connectivity index (χ0) is 20.9. The maximum Gasteiger partial charge on any atom is 0.230 e. The first-order chi connectivity index (χ1) is 14.5. The van der Waals surface area contributed by atoms with Crippen molar-refractivity contribution in [2.75, 3.05) is 32.7 Å². The van der Waals surface area contributed by atoms with Crippen molar-refractivity contribution in [3.63, 3.8) is 0 Å². The third-order valence-corrected chi connectivity index (χ3v) is 6.81. The van der Waals surface area contributed by atoms with E-state index in [0.29, 0.717) is 39.3 Å². The number of carbonyl (C=O) groups is 3. The Kier molecular flexibility index (Phi) is 4.61. The smallest absolute Gasteiger partial charge is 0.230 e. The van der Waals surface area contributed by atoms with E-state index in [9.17, 15) is 14.4 Å². The summed E-state index contributed by atoms with van der Waals surface area (Å²) >= 11 is 0. The fourth-order valence-electron chi connectivity index (χ4n) is 5.37. The second-order valence-corrected chi connectivity index (χ2v) is 8.64. The molecule has 5 rings (SSSR count). The van der Waals surface area contributed by atoms with E-state index in [1.54, 1.807) is 29.1 Å². The molecule has 3 fully saturated rings. The monoisotopic (exact) mass is 410 g/mol. The molecule has 1 aromatic heterocycles. The highest BCUT2D eigenvalue weighted by Gasteiger charge is 2.67. The van der Waals surface area contributed by atoms with Crippen LogP contribution in [0.15, 0.2) is 36.7 Å². The van der Waals surface area contributed by atoms with Crippen molar-refractivity contribution in [3.8, 4) is 0 Å².